The van der Waals surface area contributed by atoms with Crippen molar-refractivity contribution in [3.05, 3.63) is 29.3 Å². The molecule has 1 aromatic carbocycles. The number of hydrogen-bond donors (Lipinski definition) is 1. The Balaban J connectivity index is 1.45. The first kappa shape index (κ1) is 24.3. The van der Waals surface area contributed by atoms with E-state index in [9.17, 15) is 14.4 Å². The standard InChI is InChI=1S/C23H33ClN4O4/c1-23(2,3)32-22(31)28-10-6-7-17(15-28)21(30)27-13-11-26(12-14-27)16-20(29)25-19-9-5-4-8-18(19)24/h4-5,8-9,17H,6-7,10-16H2,1-3H3,(H,25,29). The zero-order valence-corrected chi connectivity index (χ0v) is 19.9. The number of piperidine rings is 1. The van der Waals surface area contributed by atoms with Gasteiger partial charge in [-0.25, -0.2) is 4.79 Å². The molecule has 2 aliphatic rings. The number of nitrogens with zero attached hydrogens (tertiary/aromatic N) is 3. The lowest BCUT2D eigenvalue weighted by molar-refractivity contribution is -0.139. The molecule has 0 saturated carbocycles. The topological polar surface area (TPSA) is 82.2 Å². The van der Waals surface area contributed by atoms with E-state index < -0.39 is 5.60 Å². The predicted molar refractivity (Wildman–Crippen MR) is 124 cm³/mol. The SMILES string of the molecule is CC(C)(C)OC(=O)N1CCCC(C(=O)N2CCN(CC(=O)Nc3ccccc3Cl)CC2)C1. The maximum atomic E-state index is 13.0. The number of benzene rings is 1. The van der Waals surface area contributed by atoms with E-state index in [-0.39, 0.29) is 30.4 Å². The van der Waals surface area contributed by atoms with E-state index in [1.165, 1.54) is 0 Å². The average Bonchev–Trinajstić information content (AvgIpc) is 2.74. The lowest BCUT2D eigenvalue weighted by Crippen LogP contribution is -2.54. The van der Waals surface area contributed by atoms with E-state index in [0.717, 1.165) is 12.8 Å². The third kappa shape index (κ3) is 6.84. The Labute approximate surface area is 194 Å². The van der Waals surface area contributed by atoms with Crippen LogP contribution in [0.25, 0.3) is 0 Å². The van der Waals surface area contributed by atoms with Gasteiger partial charge in [-0.3, -0.25) is 14.5 Å². The summed E-state index contributed by atoms with van der Waals surface area (Å²) < 4.78 is 5.46. The van der Waals surface area contributed by atoms with Gasteiger partial charge in [-0.15, -0.1) is 0 Å². The van der Waals surface area contributed by atoms with Crippen LogP contribution in [0.1, 0.15) is 33.6 Å². The van der Waals surface area contributed by atoms with Crippen molar-refractivity contribution in [1.29, 1.82) is 0 Å². The third-order valence-electron chi connectivity index (χ3n) is 5.62. The summed E-state index contributed by atoms with van der Waals surface area (Å²) in [6.45, 7) is 9.18. The van der Waals surface area contributed by atoms with Crippen molar-refractivity contribution >= 4 is 35.2 Å². The highest BCUT2D eigenvalue weighted by Gasteiger charge is 2.34. The highest BCUT2D eigenvalue weighted by atomic mass is 35.5. The second-order valence-electron chi connectivity index (χ2n) is 9.39. The van der Waals surface area contributed by atoms with Gasteiger partial charge >= 0.3 is 6.09 Å². The number of amides is 3. The van der Waals surface area contributed by atoms with Crippen molar-refractivity contribution in [2.24, 2.45) is 5.92 Å². The number of hydrogen-bond acceptors (Lipinski definition) is 5. The van der Waals surface area contributed by atoms with Gasteiger partial charge in [0.2, 0.25) is 11.8 Å². The number of halogens is 1. The molecular weight excluding hydrogens is 432 g/mol. The fourth-order valence-electron chi connectivity index (χ4n) is 4.01. The minimum atomic E-state index is -0.553. The maximum absolute atomic E-state index is 13.0. The van der Waals surface area contributed by atoms with Gasteiger partial charge in [0.25, 0.3) is 0 Å². The monoisotopic (exact) mass is 464 g/mol. The Bertz CT molecular complexity index is 834. The summed E-state index contributed by atoms with van der Waals surface area (Å²) in [4.78, 5) is 43.3. The van der Waals surface area contributed by atoms with Crippen LogP contribution in [0.4, 0.5) is 10.5 Å². The van der Waals surface area contributed by atoms with Crippen LogP contribution < -0.4 is 5.32 Å². The highest BCUT2D eigenvalue weighted by molar-refractivity contribution is 6.33. The molecule has 0 radical (unpaired) electrons. The van der Waals surface area contributed by atoms with E-state index >= 15 is 0 Å². The smallest absolute Gasteiger partial charge is 0.410 e. The summed E-state index contributed by atoms with van der Waals surface area (Å²) in [5.41, 5.74) is 0.0440. The van der Waals surface area contributed by atoms with Crippen molar-refractivity contribution in [2.45, 2.75) is 39.2 Å². The lowest BCUT2D eigenvalue weighted by Gasteiger charge is -2.39. The number of rotatable bonds is 4. The number of anilines is 1. The van der Waals surface area contributed by atoms with Gasteiger partial charge in [0.15, 0.2) is 0 Å². The van der Waals surface area contributed by atoms with E-state index in [4.69, 9.17) is 16.3 Å². The van der Waals surface area contributed by atoms with Crippen LogP contribution in [0.2, 0.25) is 5.02 Å². The number of nitrogens with one attached hydrogen (secondary N) is 1. The maximum Gasteiger partial charge on any atom is 0.410 e. The van der Waals surface area contributed by atoms with Gasteiger partial charge in [-0.2, -0.15) is 0 Å². The number of para-hydroxylation sites is 1. The molecule has 2 heterocycles. The molecular formula is C23H33ClN4O4. The number of carbonyl (C=O) groups is 3. The van der Waals surface area contributed by atoms with Crippen LogP contribution in [0.15, 0.2) is 24.3 Å². The molecule has 2 fully saturated rings. The second kappa shape index (κ2) is 10.5. The number of ether oxygens (including phenoxy) is 1. The number of piperazine rings is 1. The molecule has 3 rings (SSSR count). The van der Waals surface area contributed by atoms with Crippen LogP contribution >= 0.6 is 11.6 Å². The summed E-state index contributed by atoms with van der Waals surface area (Å²) in [7, 11) is 0. The Morgan fingerprint density at radius 2 is 1.75 bits per heavy atom. The Morgan fingerprint density at radius 1 is 1.06 bits per heavy atom. The summed E-state index contributed by atoms with van der Waals surface area (Å²) in [6, 6.07) is 7.13. The largest absolute Gasteiger partial charge is 0.444 e. The summed E-state index contributed by atoms with van der Waals surface area (Å²) in [5.74, 6) is -0.247. The minimum absolute atomic E-state index is 0.0819. The van der Waals surface area contributed by atoms with Crippen LogP contribution in [0, 0.1) is 5.92 Å². The molecule has 3 amide bonds. The van der Waals surface area contributed by atoms with Crippen molar-refractivity contribution < 1.29 is 19.1 Å². The van der Waals surface area contributed by atoms with Crippen LogP contribution in [-0.4, -0.2) is 84.0 Å². The van der Waals surface area contributed by atoms with Crippen LogP contribution in [0.3, 0.4) is 0 Å². The molecule has 32 heavy (non-hydrogen) atoms. The Kier molecular flexibility index (Phi) is 8.00. The van der Waals surface area contributed by atoms with Gasteiger partial charge in [0, 0.05) is 39.3 Å². The van der Waals surface area contributed by atoms with E-state index in [2.05, 4.69) is 5.32 Å². The van der Waals surface area contributed by atoms with Gasteiger partial charge < -0.3 is 19.9 Å². The number of likely N-dealkylation sites (tertiary alicyclic amines) is 1. The normalized spacial score (nSPS) is 20.1. The Morgan fingerprint density at radius 3 is 2.41 bits per heavy atom. The first-order chi connectivity index (χ1) is 15.1. The van der Waals surface area contributed by atoms with Crippen LogP contribution in [0.5, 0.6) is 0 Å². The quantitative estimate of drug-likeness (QED) is 0.740. The fraction of sp³-hybridized carbons (Fsp3) is 0.609. The van der Waals surface area contributed by atoms with Gasteiger partial charge in [-0.05, 0) is 45.7 Å². The average molecular weight is 465 g/mol. The van der Waals surface area contributed by atoms with E-state index in [1.807, 2.05) is 42.7 Å². The first-order valence-corrected chi connectivity index (χ1v) is 11.5. The number of carbonyl (C=O) groups excluding carboxylic acids is 3. The molecule has 1 unspecified atom stereocenters. The first-order valence-electron chi connectivity index (χ1n) is 11.2. The van der Waals surface area contributed by atoms with Crippen molar-refractivity contribution in [3.8, 4) is 0 Å². The molecule has 2 aliphatic heterocycles. The van der Waals surface area contributed by atoms with Crippen molar-refractivity contribution in [2.75, 3.05) is 51.1 Å². The summed E-state index contributed by atoms with van der Waals surface area (Å²) in [6.07, 6.45) is 1.21. The summed E-state index contributed by atoms with van der Waals surface area (Å²) >= 11 is 6.10. The summed E-state index contributed by atoms with van der Waals surface area (Å²) in [5, 5.41) is 3.34. The lowest BCUT2D eigenvalue weighted by atomic mass is 9.96. The molecule has 1 aromatic rings. The van der Waals surface area contributed by atoms with E-state index in [0.29, 0.717) is 50.0 Å². The molecule has 2 saturated heterocycles. The minimum Gasteiger partial charge on any atom is -0.444 e. The molecule has 176 valence electrons. The van der Waals surface area contributed by atoms with Gasteiger partial charge in [-0.1, -0.05) is 23.7 Å². The van der Waals surface area contributed by atoms with Gasteiger partial charge in [0.05, 0.1) is 23.2 Å². The van der Waals surface area contributed by atoms with Gasteiger partial charge in [0.1, 0.15) is 5.60 Å². The highest BCUT2D eigenvalue weighted by Crippen LogP contribution is 2.22. The zero-order valence-electron chi connectivity index (χ0n) is 19.1. The molecule has 0 aromatic heterocycles. The van der Waals surface area contributed by atoms with E-state index in [1.54, 1.807) is 17.0 Å². The second-order valence-corrected chi connectivity index (χ2v) is 9.80. The molecule has 1 N–H and O–H groups in total. The molecule has 1 atom stereocenters. The fourth-order valence-corrected chi connectivity index (χ4v) is 4.19. The zero-order chi connectivity index (χ0) is 23.3. The third-order valence-corrected chi connectivity index (χ3v) is 5.95. The molecule has 0 aliphatic carbocycles. The van der Waals surface area contributed by atoms with Crippen LogP contribution in [-0.2, 0) is 14.3 Å². The molecule has 0 bridgehead atoms. The molecule has 0 spiro atoms. The van der Waals surface area contributed by atoms with Crippen molar-refractivity contribution in [1.82, 2.24) is 14.7 Å². The Hall–Kier alpha value is -2.32. The predicted octanol–water partition coefficient (Wildman–Crippen LogP) is 3.07. The molecule has 8 nitrogen and oxygen atoms in total. The molecule has 9 heteroatoms. The van der Waals surface area contributed by atoms with Crippen molar-refractivity contribution in [3.63, 3.8) is 0 Å².